The van der Waals surface area contributed by atoms with Crippen molar-refractivity contribution in [3.63, 3.8) is 0 Å². The molecule has 0 amide bonds. The smallest absolute Gasteiger partial charge is 0.191 e. The number of benzene rings is 1. The van der Waals surface area contributed by atoms with Gasteiger partial charge in [-0.05, 0) is 52.5 Å². The van der Waals surface area contributed by atoms with Crippen LogP contribution in [0.2, 0.25) is 0 Å². The number of nitrogens with one attached hydrogen (secondary N) is 2. The lowest BCUT2D eigenvalue weighted by atomic mass is 10.1. The van der Waals surface area contributed by atoms with Crippen molar-refractivity contribution in [1.82, 2.24) is 15.6 Å². The Labute approximate surface area is 177 Å². The third-order valence-corrected chi connectivity index (χ3v) is 6.17. The SMILES string of the molecule is CCNC(=NCc1cccc(OC)c1OC1CCCC1)NCc1nc(C)c(C)s1. The largest absolute Gasteiger partial charge is 0.493 e. The monoisotopic (exact) mass is 416 g/mol. The fraction of sp³-hybridized carbons (Fsp3) is 0.545. The van der Waals surface area contributed by atoms with Gasteiger partial charge in [0.05, 0.1) is 32.0 Å². The molecule has 0 aliphatic heterocycles. The number of thiazole rings is 1. The molecule has 0 spiro atoms. The molecule has 1 heterocycles. The molecule has 0 saturated heterocycles. The molecule has 0 atom stereocenters. The van der Waals surface area contributed by atoms with Crippen LogP contribution in [0, 0.1) is 13.8 Å². The van der Waals surface area contributed by atoms with Crippen LogP contribution in [0.25, 0.3) is 0 Å². The lowest BCUT2D eigenvalue weighted by molar-refractivity contribution is 0.198. The Morgan fingerprint density at radius 2 is 2.03 bits per heavy atom. The molecule has 29 heavy (non-hydrogen) atoms. The summed E-state index contributed by atoms with van der Waals surface area (Å²) in [7, 11) is 1.69. The van der Waals surface area contributed by atoms with Crippen molar-refractivity contribution in [1.29, 1.82) is 0 Å². The number of nitrogens with zero attached hydrogens (tertiary/aromatic N) is 2. The summed E-state index contributed by atoms with van der Waals surface area (Å²) < 4.78 is 11.9. The minimum atomic E-state index is 0.275. The second kappa shape index (κ2) is 10.5. The zero-order valence-electron chi connectivity index (χ0n) is 17.9. The maximum atomic E-state index is 6.32. The molecule has 1 fully saturated rings. The number of methoxy groups -OCH3 is 1. The molecular weight excluding hydrogens is 384 g/mol. The number of aromatic nitrogens is 1. The van der Waals surface area contributed by atoms with Crippen molar-refractivity contribution >= 4 is 17.3 Å². The van der Waals surface area contributed by atoms with Gasteiger partial charge in [0.25, 0.3) is 0 Å². The summed E-state index contributed by atoms with van der Waals surface area (Å²) >= 11 is 1.72. The Kier molecular flexibility index (Phi) is 7.75. The average molecular weight is 417 g/mol. The molecule has 3 rings (SSSR count). The van der Waals surface area contributed by atoms with Gasteiger partial charge >= 0.3 is 0 Å². The van der Waals surface area contributed by atoms with Crippen molar-refractivity contribution in [2.45, 2.75) is 65.6 Å². The van der Waals surface area contributed by atoms with Crippen LogP contribution in [-0.4, -0.2) is 30.7 Å². The second-order valence-electron chi connectivity index (χ2n) is 7.27. The highest BCUT2D eigenvalue weighted by Crippen LogP contribution is 2.35. The van der Waals surface area contributed by atoms with Gasteiger partial charge in [-0.1, -0.05) is 12.1 Å². The normalized spacial score (nSPS) is 14.8. The van der Waals surface area contributed by atoms with Crippen LogP contribution >= 0.6 is 11.3 Å². The zero-order chi connectivity index (χ0) is 20.6. The molecule has 0 bridgehead atoms. The van der Waals surface area contributed by atoms with E-state index in [1.165, 1.54) is 17.7 Å². The van der Waals surface area contributed by atoms with Gasteiger partial charge in [-0.3, -0.25) is 0 Å². The average Bonchev–Trinajstić information content (AvgIpc) is 3.34. The third kappa shape index (κ3) is 5.85. The summed E-state index contributed by atoms with van der Waals surface area (Å²) in [5, 5.41) is 7.76. The van der Waals surface area contributed by atoms with Gasteiger partial charge in [-0.25, -0.2) is 9.98 Å². The lowest BCUT2D eigenvalue weighted by Gasteiger charge is -2.19. The van der Waals surface area contributed by atoms with E-state index in [0.717, 1.165) is 53.1 Å². The van der Waals surface area contributed by atoms with E-state index >= 15 is 0 Å². The molecule has 6 nitrogen and oxygen atoms in total. The topological polar surface area (TPSA) is 67.8 Å². The summed E-state index contributed by atoms with van der Waals surface area (Å²) in [6.45, 7) is 8.19. The quantitative estimate of drug-likeness (QED) is 0.495. The minimum absolute atomic E-state index is 0.275. The Morgan fingerprint density at radius 3 is 2.69 bits per heavy atom. The van der Waals surface area contributed by atoms with E-state index in [0.29, 0.717) is 13.1 Å². The highest BCUT2D eigenvalue weighted by Gasteiger charge is 2.20. The van der Waals surface area contributed by atoms with Crippen molar-refractivity contribution in [2.24, 2.45) is 4.99 Å². The van der Waals surface area contributed by atoms with E-state index in [-0.39, 0.29) is 6.10 Å². The summed E-state index contributed by atoms with van der Waals surface area (Å²) in [5.41, 5.74) is 2.13. The number of aryl methyl sites for hydroxylation is 2. The number of ether oxygens (including phenoxy) is 2. The Bertz CT molecular complexity index is 809. The molecule has 0 radical (unpaired) electrons. The second-order valence-corrected chi connectivity index (χ2v) is 8.56. The van der Waals surface area contributed by atoms with Gasteiger partial charge in [-0.15, -0.1) is 11.3 Å². The van der Waals surface area contributed by atoms with Crippen molar-refractivity contribution in [3.8, 4) is 11.5 Å². The molecule has 1 saturated carbocycles. The fourth-order valence-electron chi connectivity index (χ4n) is 3.43. The maximum Gasteiger partial charge on any atom is 0.191 e. The number of guanidine groups is 1. The van der Waals surface area contributed by atoms with Gasteiger partial charge in [0.1, 0.15) is 5.01 Å². The van der Waals surface area contributed by atoms with Crippen LogP contribution in [-0.2, 0) is 13.1 Å². The molecular formula is C22H32N4O2S. The fourth-order valence-corrected chi connectivity index (χ4v) is 4.31. The summed E-state index contributed by atoms with van der Waals surface area (Å²) in [4.78, 5) is 10.6. The Hall–Kier alpha value is -2.28. The van der Waals surface area contributed by atoms with E-state index in [2.05, 4.69) is 35.5 Å². The number of rotatable bonds is 8. The van der Waals surface area contributed by atoms with E-state index in [4.69, 9.17) is 14.5 Å². The predicted molar refractivity (Wildman–Crippen MR) is 119 cm³/mol. The Morgan fingerprint density at radius 1 is 1.24 bits per heavy atom. The molecule has 0 unspecified atom stereocenters. The van der Waals surface area contributed by atoms with E-state index in [9.17, 15) is 0 Å². The molecule has 2 N–H and O–H groups in total. The number of aliphatic imine (C=N–C) groups is 1. The van der Waals surface area contributed by atoms with Crippen molar-refractivity contribution in [3.05, 3.63) is 39.3 Å². The molecule has 1 aliphatic carbocycles. The van der Waals surface area contributed by atoms with Gasteiger partial charge in [0.2, 0.25) is 0 Å². The highest BCUT2D eigenvalue weighted by atomic mass is 32.1. The Balaban J connectivity index is 1.72. The highest BCUT2D eigenvalue weighted by molar-refractivity contribution is 7.11. The first kappa shape index (κ1) is 21.4. The van der Waals surface area contributed by atoms with E-state index in [1.54, 1.807) is 18.4 Å². The van der Waals surface area contributed by atoms with Crippen LogP contribution < -0.4 is 20.1 Å². The molecule has 1 aromatic heterocycles. The van der Waals surface area contributed by atoms with Gasteiger partial charge in [0.15, 0.2) is 17.5 Å². The first-order valence-corrected chi connectivity index (χ1v) is 11.2. The minimum Gasteiger partial charge on any atom is -0.493 e. The van der Waals surface area contributed by atoms with Gasteiger partial charge < -0.3 is 20.1 Å². The number of hydrogen-bond acceptors (Lipinski definition) is 5. The van der Waals surface area contributed by atoms with Gasteiger partial charge in [-0.2, -0.15) is 0 Å². The van der Waals surface area contributed by atoms with Crippen molar-refractivity contribution < 1.29 is 9.47 Å². The molecule has 1 aliphatic rings. The third-order valence-electron chi connectivity index (χ3n) is 5.10. The van der Waals surface area contributed by atoms with Gasteiger partial charge in [0, 0.05) is 17.0 Å². The first-order valence-electron chi connectivity index (χ1n) is 10.4. The lowest BCUT2D eigenvalue weighted by Crippen LogP contribution is -2.36. The van der Waals surface area contributed by atoms with Crippen LogP contribution in [0.1, 0.15) is 53.7 Å². The number of hydrogen-bond donors (Lipinski definition) is 2. The summed E-state index contributed by atoms with van der Waals surface area (Å²) in [5.74, 6) is 2.37. The molecule has 1 aromatic carbocycles. The van der Waals surface area contributed by atoms with Crippen molar-refractivity contribution in [2.75, 3.05) is 13.7 Å². The first-order chi connectivity index (χ1) is 14.1. The summed E-state index contributed by atoms with van der Waals surface area (Å²) in [6.07, 6.45) is 4.96. The predicted octanol–water partition coefficient (Wildman–Crippen LogP) is 4.35. The van der Waals surface area contributed by atoms with Crippen LogP contribution in [0.4, 0.5) is 0 Å². The summed E-state index contributed by atoms with van der Waals surface area (Å²) in [6, 6.07) is 6.01. The standard InChI is InChI=1S/C22H32N4O2S/c1-5-23-22(25-14-20-26-15(2)16(3)29-20)24-13-17-9-8-12-19(27-4)21(17)28-18-10-6-7-11-18/h8-9,12,18H,5-7,10-11,13-14H2,1-4H3,(H2,23,24,25). The molecule has 7 heteroatoms. The zero-order valence-corrected chi connectivity index (χ0v) is 18.7. The van der Waals surface area contributed by atoms with E-state index < -0.39 is 0 Å². The molecule has 158 valence electrons. The van der Waals surface area contributed by atoms with E-state index in [1.807, 2.05) is 19.1 Å². The molecule has 2 aromatic rings. The number of para-hydroxylation sites is 1. The van der Waals surface area contributed by atoms with Crippen LogP contribution in [0.3, 0.4) is 0 Å². The van der Waals surface area contributed by atoms with Crippen LogP contribution in [0.5, 0.6) is 11.5 Å². The van der Waals surface area contributed by atoms with Crippen LogP contribution in [0.15, 0.2) is 23.2 Å². The maximum absolute atomic E-state index is 6.32.